The number of piperidine rings is 1. The van der Waals surface area contributed by atoms with Crippen molar-refractivity contribution >= 4 is 16.7 Å². The van der Waals surface area contributed by atoms with Crippen LogP contribution in [0.1, 0.15) is 49.1 Å². The number of aliphatic hydroxyl groups excluding tert-OH is 1. The Bertz CT molecular complexity index is 1260. The monoisotopic (exact) mass is 506 g/mol. The van der Waals surface area contributed by atoms with E-state index in [-0.39, 0.29) is 6.61 Å². The summed E-state index contributed by atoms with van der Waals surface area (Å²) < 4.78 is 13.4. The fraction of sp³-hybridized carbons (Fsp3) is 0.607. The number of aliphatic hydroxyl groups is 1. The maximum Gasteiger partial charge on any atom is 0.159 e. The van der Waals surface area contributed by atoms with Crippen LogP contribution in [0.15, 0.2) is 24.4 Å². The number of fused-ring (bicyclic) bond motifs is 1. The van der Waals surface area contributed by atoms with E-state index in [1.54, 1.807) is 0 Å². The third kappa shape index (κ3) is 4.85. The molecule has 9 nitrogen and oxygen atoms in total. The molecule has 0 amide bonds. The van der Waals surface area contributed by atoms with Crippen molar-refractivity contribution in [2.45, 2.75) is 57.6 Å². The first kappa shape index (κ1) is 24.7. The quantitative estimate of drug-likeness (QED) is 0.565. The van der Waals surface area contributed by atoms with Crippen molar-refractivity contribution in [3.05, 3.63) is 41.3 Å². The van der Waals surface area contributed by atoms with Gasteiger partial charge in [0, 0.05) is 30.6 Å². The Morgan fingerprint density at radius 3 is 2.59 bits per heavy atom. The second kappa shape index (κ2) is 9.94. The summed E-state index contributed by atoms with van der Waals surface area (Å²) in [4.78, 5) is 14.3. The molecule has 2 aromatic heterocycles. The molecule has 2 unspecified atom stereocenters. The van der Waals surface area contributed by atoms with E-state index in [1.807, 2.05) is 30.8 Å². The van der Waals surface area contributed by atoms with E-state index in [4.69, 9.17) is 24.5 Å². The van der Waals surface area contributed by atoms with Crippen LogP contribution >= 0.6 is 0 Å². The third-order valence-corrected chi connectivity index (χ3v) is 8.37. The summed E-state index contributed by atoms with van der Waals surface area (Å²) in [7, 11) is 0. The first-order valence-electron chi connectivity index (χ1n) is 13.6. The SMILES string of the molecule is Cc1nc(N2CCOC(C)(CO)C2)cc(-n2ncc3cc(C)c(C4CCN(C5CCOC5)CC4)cc32)n1. The van der Waals surface area contributed by atoms with E-state index in [9.17, 15) is 5.11 Å². The molecule has 2 atom stereocenters. The molecule has 37 heavy (non-hydrogen) atoms. The van der Waals surface area contributed by atoms with E-state index >= 15 is 0 Å². The average Bonchev–Trinajstić information content (AvgIpc) is 3.58. The molecule has 9 heteroatoms. The lowest BCUT2D eigenvalue weighted by atomic mass is 9.86. The number of hydrogen-bond acceptors (Lipinski definition) is 8. The third-order valence-electron chi connectivity index (χ3n) is 8.37. The topological polar surface area (TPSA) is 88.8 Å². The molecular formula is C28H38N6O3. The molecule has 3 aliphatic heterocycles. The van der Waals surface area contributed by atoms with E-state index in [0.717, 1.165) is 55.4 Å². The van der Waals surface area contributed by atoms with Gasteiger partial charge in [0.15, 0.2) is 5.82 Å². The normalized spacial score (nSPS) is 25.8. The molecule has 0 radical (unpaired) electrons. The van der Waals surface area contributed by atoms with Gasteiger partial charge in [-0.05, 0) is 82.3 Å². The lowest BCUT2D eigenvalue weighted by Gasteiger charge is -2.40. The minimum absolute atomic E-state index is 0.0281. The van der Waals surface area contributed by atoms with Crippen LogP contribution in [0.2, 0.25) is 0 Å². The van der Waals surface area contributed by atoms with Gasteiger partial charge in [-0.1, -0.05) is 0 Å². The summed E-state index contributed by atoms with van der Waals surface area (Å²) in [5.41, 5.74) is 3.25. The largest absolute Gasteiger partial charge is 0.393 e. The van der Waals surface area contributed by atoms with E-state index in [1.165, 1.54) is 30.4 Å². The van der Waals surface area contributed by atoms with Gasteiger partial charge in [-0.15, -0.1) is 0 Å². The minimum atomic E-state index is -0.595. The van der Waals surface area contributed by atoms with Crippen LogP contribution in [-0.2, 0) is 9.47 Å². The van der Waals surface area contributed by atoms with Gasteiger partial charge in [0.1, 0.15) is 17.2 Å². The molecule has 1 N–H and O–H groups in total. The number of aromatic nitrogens is 4. The number of ether oxygens (including phenoxy) is 2. The zero-order chi connectivity index (χ0) is 25.6. The van der Waals surface area contributed by atoms with Crippen LogP contribution in [0.3, 0.4) is 0 Å². The number of anilines is 1. The summed E-state index contributed by atoms with van der Waals surface area (Å²) in [5, 5.41) is 15.7. The fourth-order valence-corrected chi connectivity index (χ4v) is 6.24. The number of morpholine rings is 1. The Hall–Kier alpha value is -2.59. The second-order valence-electron chi connectivity index (χ2n) is 11.2. The molecule has 3 aromatic rings. The highest BCUT2D eigenvalue weighted by molar-refractivity contribution is 5.82. The number of benzene rings is 1. The minimum Gasteiger partial charge on any atom is -0.393 e. The van der Waals surface area contributed by atoms with Crippen molar-refractivity contribution in [3.63, 3.8) is 0 Å². The van der Waals surface area contributed by atoms with Gasteiger partial charge < -0.3 is 19.5 Å². The van der Waals surface area contributed by atoms with E-state index in [2.05, 4.69) is 28.9 Å². The molecule has 0 saturated carbocycles. The molecule has 3 fully saturated rings. The first-order chi connectivity index (χ1) is 17.9. The number of rotatable bonds is 5. The lowest BCUT2D eigenvalue weighted by molar-refractivity contribution is -0.0745. The Balaban J connectivity index is 1.29. The van der Waals surface area contributed by atoms with Crippen molar-refractivity contribution in [1.82, 2.24) is 24.6 Å². The summed E-state index contributed by atoms with van der Waals surface area (Å²) in [6.07, 6.45) is 5.45. The molecule has 6 rings (SSSR count). The Morgan fingerprint density at radius 1 is 1.03 bits per heavy atom. The summed E-state index contributed by atoms with van der Waals surface area (Å²) in [6.45, 7) is 12.0. The number of hydrogen-bond donors (Lipinski definition) is 1. The highest BCUT2D eigenvalue weighted by Gasteiger charge is 2.33. The zero-order valence-electron chi connectivity index (χ0n) is 22.2. The standard InChI is InChI=1S/C28H38N6O3/c1-19-12-22-15-29-34(25(22)13-24(19)21-4-7-32(8-5-21)23-6-10-36-16-23)27-14-26(30-20(2)31-27)33-9-11-37-28(3,17-33)18-35/h12-15,21,23,35H,4-11,16-18H2,1-3H3. The molecule has 3 aliphatic rings. The maximum absolute atomic E-state index is 9.81. The molecule has 0 bridgehead atoms. The van der Waals surface area contributed by atoms with Crippen LogP contribution in [0, 0.1) is 13.8 Å². The van der Waals surface area contributed by atoms with Crippen molar-refractivity contribution < 1.29 is 14.6 Å². The van der Waals surface area contributed by atoms with Crippen LogP contribution < -0.4 is 4.90 Å². The highest BCUT2D eigenvalue weighted by atomic mass is 16.5. The van der Waals surface area contributed by atoms with Crippen molar-refractivity contribution in [1.29, 1.82) is 0 Å². The summed E-state index contributed by atoms with van der Waals surface area (Å²) in [5.74, 6) is 2.85. The Kier molecular flexibility index (Phi) is 6.65. The smallest absolute Gasteiger partial charge is 0.159 e. The number of likely N-dealkylation sites (tertiary alicyclic amines) is 1. The predicted molar refractivity (Wildman–Crippen MR) is 143 cm³/mol. The molecule has 0 spiro atoms. The molecule has 3 saturated heterocycles. The van der Waals surface area contributed by atoms with Crippen molar-refractivity contribution in [2.75, 3.05) is 57.5 Å². The molecule has 1 aromatic carbocycles. The van der Waals surface area contributed by atoms with Gasteiger partial charge in [-0.3, -0.25) is 4.90 Å². The lowest BCUT2D eigenvalue weighted by Crippen LogP contribution is -2.52. The summed E-state index contributed by atoms with van der Waals surface area (Å²) in [6, 6.07) is 7.22. The van der Waals surface area contributed by atoms with Gasteiger partial charge in [0.05, 0.1) is 38.1 Å². The average molecular weight is 507 g/mol. The Labute approximate surface area is 218 Å². The number of nitrogens with zero attached hydrogens (tertiary/aromatic N) is 6. The van der Waals surface area contributed by atoms with E-state index < -0.39 is 5.60 Å². The van der Waals surface area contributed by atoms with Crippen LogP contribution in [0.25, 0.3) is 16.7 Å². The molecular weight excluding hydrogens is 468 g/mol. The maximum atomic E-state index is 9.81. The number of aryl methyl sites for hydroxylation is 2. The predicted octanol–water partition coefficient (Wildman–Crippen LogP) is 2.99. The van der Waals surface area contributed by atoms with Crippen LogP contribution in [0.4, 0.5) is 5.82 Å². The van der Waals surface area contributed by atoms with Crippen LogP contribution in [-0.4, -0.2) is 94.0 Å². The Morgan fingerprint density at radius 2 is 1.84 bits per heavy atom. The van der Waals surface area contributed by atoms with Crippen LogP contribution in [0.5, 0.6) is 0 Å². The van der Waals surface area contributed by atoms with Gasteiger partial charge >= 0.3 is 0 Å². The molecule has 0 aliphatic carbocycles. The van der Waals surface area contributed by atoms with E-state index in [0.29, 0.717) is 30.9 Å². The summed E-state index contributed by atoms with van der Waals surface area (Å²) >= 11 is 0. The zero-order valence-corrected chi connectivity index (χ0v) is 22.2. The van der Waals surface area contributed by atoms with Gasteiger partial charge in [-0.25, -0.2) is 14.6 Å². The molecule has 5 heterocycles. The van der Waals surface area contributed by atoms with Crippen molar-refractivity contribution in [2.24, 2.45) is 0 Å². The second-order valence-corrected chi connectivity index (χ2v) is 11.2. The van der Waals surface area contributed by atoms with Gasteiger partial charge in [0.2, 0.25) is 0 Å². The van der Waals surface area contributed by atoms with Gasteiger partial charge in [-0.2, -0.15) is 5.10 Å². The fourth-order valence-electron chi connectivity index (χ4n) is 6.24. The first-order valence-corrected chi connectivity index (χ1v) is 13.6. The van der Waals surface area contributed by atoms with Gasteiger partial charge in [0.25, 0.3) is 0 Å². The molecule has 198 valence electrons. The highest BCUT2D eigenvalue weighted by Crippen LogP contribution is 2.35. The van der Waals surface area contributed by atoms with Crippen molar-refractivity contribution in [3.8, 4) is 5.82 Å².